The van der Waals surface area contributed by atoms with Crippen LogP contribution in [-0.4, -0.2) is 84.9 Å². The summed E-state index contributed by atoms with van der Waals surface area (Å²) in [6.45, 7) is 2.51. The van der Waals surface area contributed by atoms with Gasteiger partial charge in [-0.3, -0.25) is 4.79 Å². The van der Waals surface area contributed by atoms with E-state index in [9.17, 15) is 18.3 Å². The Morgan fingerprint density at radius 2 is 1.91 bits per heavy atom. The van der Waals surface area contributed by atoms with Gasteiger partial charge in [-0.2, -0.15) is 0 Å². The van der Waals surface area contributed by atoms with Crippen LogP contribution in [0, 0.1) is 0 Å². The number of carbonyl (C=O) groups is 1. The number of sulfonamides is 1. The number of amides is 1. The van der Waals surface area contributed by atoms with Gasteiger partial charge >= 0.3 is 0 Å². The third kappa shape index (κ3) is 5.72. The van der Waals surface area contributed by atoms with Gasteiger partial charge in [-0.05, 0) is 25.0 Å². The molecular formula is C22H31N5O5S. The summed E-state index contributed by atoms with van der Waals surface area (Å²) in [6, 6.07) is 9.56. The Morgan fingerprint density at radius 1 is 1.18 bits per heavy atom. The molecule has 2 N–H and O–H groups in total. The lowest BCUT2D eigenvalue weighted by atomic mass is 9.97. The second kappa shape index (κ2) is 10.2. The van der Waals surface area contributed by atoms with Gasteiger partial charge in [0.1, 0.15) is 0 Å². The van der Waals surface area contributed by atoms with E-state index < -0.39 is 22.2 Å². The molecular weight excluding hydrogens is 446 g/mol. The zero-order chi connectivity index (χ0) is 23.4. The number of rotatable bonds is 7. The van der Waals surface area contributed by atoms with Gasteiger partial charge in [0.05, 0.1) is 37.6 Å². The molecule has 2 aliphatic rings. The van der Waals surface area contributed by atoms with Gasteiger partial charge < -0.3 is 24.2 Å². The van der Waals surface area contributed by atoms with Crippen LogP contribution < -0.4 is 9.62 Å². The lowest BCUT2D eigenvalue weighted by molar-refractivity contribution is -0.140. The summed E-state index contributed by atoms with van der Waals surface area (Å²) in [4.78, 5) is 20.9. The van der Waals surface area contributed by atoms with Crippen LogP contribution in [0.5, 0.6) is 0 Å². The van der Waals surface area contributed by atoms with Crippen molar-refractivity contribution in [2.45, 2.75) is 42.5 Å². The van der Waals surface area contributed by atoms with Crippen molar-refractivity contribution in [3.8, 4) is 0 Å². The van der Waals surface area contributed by atoms with E-state index in [2.05, 4.69) is 26.7 Å². The van der Waals surface area contributed by atoms with Gasteiger partial charge in [0.25, 0.3) is 10.0 Å². The Labute approximate surface area is 194 Å². The summed E-state index contributed by atoms with van der Waals surface area (Å²) >= 11 is 0. The number of hydrogen-bond acceptors (Lipinski definition) is 7. The zero-order valence-corrected chi connectivity index (χ0v) is 19.5. The standard InChI is InChI=1S/C22H31N5O5S/c1-25-14-21(23-16-25)33(30,31)24-19-8-7-18(32-20(19)15-28)13-22(29)27-11-9-26(10-12-27)17-5-3-2-4-6-17/h2-6,14,16,18-20,24,28H,7-13,15H2,1H3/t18-,19-,20+/m0/s1. The third-order valence-electron chi connectivity index (χ3n) is 6.21. The van der Waals surface area contributed by atoms with Crippen LogP contribution in [0.3, 0.4) is 0 Å². The summed E-state index contributed by atoms with van der Waals surface area (Å²) in [7, 11) is -2.13. The van der Waals surface area contributed by atoms with Gasteiger partial charge in [0, 0.05) is 45.1 Å². The topological polar surface area (TPSA) is 117 Å². The molecule has 4 rings (SSSR count). The van der Waals surface area contributed by atoms with E-state index in [0.29, 0.717) is 25.9 Å². The number of nitrogens with one attached hydrogen (secondary N) is 1. The number of ether oxygens (including phenoxy) is 1. The first kappa shape index (κ1) is 23.7. The monoisotopic (exact) mass is 477 g/mol. The Morgan fingerprint density at radius 3 is 2.55 bits per heavy atom. The molecule has 2 aromatic rings. The number of hydrogen-bond donors (Lipinski definition) is 2. The highest BCUT2D eigenvalue weighted by Gasteiger charge is 2.36. The van der Waals surface area contributed by atoms with Crippen molar-refractivity contribution >= 4 is 21.6 Å². The molecule has 0 aliphatic carbocycles. The smallest absolute Gasteiger partial charge is 0.259 e. The van der Waals surface area contributed by atoms with E-state index in [4.69, 9.17) is 4.74 Å². The van der Waals surface area contributed by atoms with Gasteiger partial charge in [-0.25, -0.2) is 18.1 Å². The maximum Gasteiger partial charge on any atom is 0.259 e. The second-order valence-corrected chi connectivity index (χ2v) is 10.2. The Kier molecular flexibility index (Phi) is 7.32. The maximum absolute atomic E-state index is 12.8. The molecule has 0 saturated carbocycles. The number of nitrogens with zero attached hydrogens (tertiary/aromatic N) is 4. The van der Waals surface area contributed by atoms with E-state index in [-0.39, 0.29) is 30.1 Å². The molecule has 0 unspecified atom stereocenters. The highest BCUT2D eigenvalue weighted by Crippen LogP contribution is 2.24. The molecule has 1 aromatic carbocycles. The van der Waals surface area contributed by atoms with Gasteiger partial charge in [0.15, 0.2) is 5.03 Å². The first-order chi connectivity index (χ1) is 15.9. The normalized spacial score (nSPS) is 24.1. The average molecular weight is 478 g/mol. The Hall–Kier alpha value is -2.47. The molecule has 0 bridgehead atoms. The fourth-order valence-electron chi connectivity index (χ4n) is 4.38. The van der Waals surface area contributed by atoms with E-state index >= 15 is 0 Å². The van der Waals surface area contributed by atoms with Crippen LogP contribution in [0.25, 0.3) is 0 Å². The predicted octanol–water partition coefficient (Wildman–Crippen LogP) is 0.346. The molecule has 0 spiro atoms. The first-order valence-electron chi connectivity index (χ1n) is 11.2. The Bertz CT molecular complexity index is 1040. The molecule has 3 heterocycles. The van der Waals surface area contributed by atoms with Gasteiger partial charge in [0.2, 0.25) is 5.91 Å². The Balaban J connectivity index is 1.28. The summed E-state index contributed by atoms with van der Waals surface area (Å²) in [5.41, 5.74) is 1.16. The SMILES string of the molecule is Cn1cnc(S(=O)(=O)N[C@H]2CC[C@@H](CC(=O)N3CCN(c4ccccc4)CC3)O[C@@H]2CO)c1. The largest absolute Gasteiger partial charge is 0.394 e. The number of imidazole rings is 1. The molecule has 10 nitrogen and oxygen atoms in total. The van der Waals surface area contributed by atoms with E-state index in [0.717, 1.165) is 18.8 Å². The van der Waals surface area contributed by atoms with Crippen LogP contribution >= 0.6 is 0 Å². The highest BCUT2D eigenvalue weighted by molar-refractivity contribution is 7.89. The number of benzene rings is 1. The molecule has 3 atom stereocenters. The summed E-state index contributed by atoms with van der Waals surface area (Å²) in [5, 5.41) is 9.72. The number of aromatic nitrogens is 2. The number of aryl methyl sites for hydroxylation is 1. The lowest BCUT2D eigenvalue weighted by Gasteiger charge is -2.38. The van der Waals surface area contributed by atoms with E-state index in [1.54, 1.807) is 11.6 Å². The van der Waals surface area contributed by atoms with Crippen LogP contribution in [0.4, 0.5) is 5.69 Å². The number of aliphatic hydroxyl groups is 1. The van der Waals surface area contributed by atoms with Crippen molar-refractivity contribution in [3.63, 3.8) is 0 Å². The van der Waals surface area contributed by atoms with Crippen LogP contribution in [-0.2, 0) is 26.6 Å². The van der Waals surface area contributed by atoms with Crippen molar-refractivity contribution in [1.82, 2.24) is 19.2 Å². The molecule has 2 fully saturated rings. The van der Waals surface area contributed by atoms with Crippen molar-refractivity contribution < 1.29 is 23.1 Å². The number of carbonyl (C=O) groups excluding carboxylic acids is 1. The minimum atomic E-state index is -3.82. The quantitative estimate of drug-likeness (QED) is 0.591. The zero-order valence-electron chi connectivity index (χ0n) is 18.7. The van der Waals surface area contributed by atoms with Crippen molar-refractivity contribution in [3.05, 3.63) is 42.9 Å². The second-order valence-electron chi connectivity index (χ2n) is 8.57. The lowest BCUT2D eigenvalue weighted by Crippen LogP contribution is -2.52. The summed E-state index contributed by atoms with van der Waals surface area (Å²) in [6.07, 6.45) is 2.98. The third-order valence-corrected chi connectivity index (χ3v) is 7.59. The van der Waals surface area contributed by atoms with Gasteiger partial charge in [-0.1, -0.05) is 18.2 Å². The van der Waals surface area contributed by atoms with Crippen LogP contribution in [0.2, 0.25) is 0 Å². The van der Waals surface area contributed by atoms with Gasteiger partial charge in [-0.15, -0.1) is 0 Å². The molecule has 11 heteroatoms. The number of para-hydroxylation sites is 1. The molecule has 2 aliphatic heterocycles. The molecule has 180 valence electrons. The van der Waals surface area contributed by atoms with E-state index in [1.807, 2.05) is 23.1 Å². The maximum atomic E-state index is 12.8. The van der Waals surface area contributed by atoms with Crippen LogP contribution in [0.15, 0.2) is 47.9 Å². The average Bonchev–Trinajstić information content (AvgIpc) is 3.28. The molecule has 1 amide bonds. The van der Waals surface area contributed by atoms with E-state index in [1.165, 1.54) is 12.5 Å². The summed E-state index contributed by atoms with van der Waals surface area (Å²) < 4.78 is 35.2. The molecule has 1 aromatic heterocycles. The fraction of sp³-hybridized carbons (Fsp3) is 0.545. The first-order valence-corrected chi connectivity index (χ1v) is 12.7. The summed E-state index contributed by atoms with van der Waals surface area (Å²) in [5.74, 6) is 0.0249. The molecule has 0 radical (unpaired) electrons. The number of aliphatic hydroxyl groups excluding tert-OH is 1. The van der Waals surface area contributed by atoms with Crippen LogP contribution in [0.1, 0.15) is 19.3 Å². The number of anilines is 1. The minimum Gasteiger partial charge on any atom is -0.394 e. The van der Waals surface area contributed by atoms with Crippen molar-refractivity contribution in [2.24, 2.45) is 7.05 Å². The molecule has 33 heavy (non-hydrogen) atoms. The van der Waals surface area contributed by atoms with Crippen molar-refractivity contribution in [2.75, 3.05) is 37.7 Å². The molecule has 2 saturated heterocycles. The fourth-order valence-corrected chi connectivity index (χ4v) is 5.66. The highest BCUT2D eigenvalue weighted by atomic mass is 32.2. The van der Waals surface area contributed by atoms with Crippen molar-refractivity contribution in [1.29, 1.82) is 0 Å². The number of piperazine rings is 1. The predicted molar refractivity (Wildman–Crippen MR) is 122 cm³/mol. The minimum absolute atomic E-state index is 0.0249.